The predicted octanol–water partition coefficient (Wildman–Crippen LogP) is 1.45. The van der Waals surface area contributed by atoms with E-state index < -0.39 is 24.4 Å². The van der Waals surface area contributed by atoms with Crippen molar-refractivity contribution in [1.82, 2.24) is 15.1 Å². The van der Waals surface area contributed by atoms with Gasteiger partial charge in [-0.1, -0.05) is 42.5 Å². The first-order valence-electron chi connectivity index (χ1n) is 8.72. The van der Waals surface area contributed by atoms with Gasteiger partial charge in [0.15, 0.2) is 0 Å². The molecule has 0 saturated carbocycles. The third-order valence-electron chi connectivity index (χ3n) is 4.27. The molecule has 1 aliphatic rings. The molecule has 0 aliphatic carbocycles. The molecule has 5 amide bonds. The van der Waals surface area contributed by atoms with E-state index in [9.17, 15) is 19.2 Å². The molecule has 0 bridgehead atoms. The quantitative estimate of drug-likeness (QED) is 0.741. The number of hydrogen-bond acceptors (Lipinski definition) is 4. The molecule has 8 heteroatoms. The van der Waals surface area contributed by atoms with E-state index in [4.69, 9.17) is 0 Å². The maximum atomic E-state index is 12.5. The van der Waals surface area contributed by atoms with Gasteiger partial charge in [-0.2, -0.15) is 0 Å². The second-order valence-electron chi connectivity index (χ2n) is 6.38. The Labute approximate surface area is 162 Å². The minimum atomic E-state index is -0.555. The zero-order chi connectivity index (χ0) is 20.1. The largest absolute Gasteiger partial charge is 0.348 e. The van der Waals surface area contributed by atoms with Crippen molar-refractivity contribution in [3.05, 3.63) is 65.7 Å². The monoisotopic (exact) mass is 380 g/mol. The summed E-state index contributed by atoms with van der Waals surface area (Å²) < 4.78 is 0. The number of imide groups is 1. The molecule has 1 aliphatic heterocycles. The number of rotatable bonds is 6. The Balaban J connectivity index is 1.64. The number of carbonyl (C=O) groups is 4. The Morgan fingerprint density at radius 1 is 1.00 bits per heavy atom. The number of nitrogens with one attached hydrogen (secondary N) is 2. The van der Waals surface area contributed by atoms with Crippen molar-refractivity contribution in [2.45, 2.75) is 6.54 Å². The van der Waals surface area contributed by atoms with E-state index in [-0.39, 0.29) is 12.5 Å². The Bertz CT molecular complexity index is 913. The molecular weight excluding hydrogens is 360 g/mol. The Hall–Kier alpha value is -3.68. The van der Waals surface area contributed by atoms with Crippen molar-refractivity contribution in [3.63, 3.8) is 0 Å². The van der Waals surface area contributed by atoms with Gasteiger partial charge in [0.2, 0.25) is 5.91 Å². The van der Waals surface area contributed by atoms with Crippen LogP contribution >= 0.6 is 0 Å². The lowest BCUT2D eigenvalue weighted by molar-refractivity contribution is -0.129. The summed E-state index contributed by atoms with van der Waals surface area (Å²) in [5, 5.41) is 5.41. The molecule has 1 heterocycles. The summed E-state index contributed by atoms with van der Waals surface area (Å²) in [4.78, 5) is 50.6. The van der Waals surface area contributed by atoms with Gasteiger partial charge in [0, 0.05) is 13.6 Å². The normalized spacial score (nSPS) is 13.6. The van der Waals surface area contributed by atoms with Gasteiger partial charge in [0.25, 0.3) is 11.8 Å². The fourth-order valence-corrected chi connectivity index (χ4v) is 2.82. The number of urea groups is 1. The van der Waals surface area contributed by atoms with Crippen LogP contribution < -0.4 is 10.6 Å². The highest BCUT2D eigenvalue weighted by Crippen LogP contribution is 2.16. The maximum Gasteiger partial charge on any atom is 0.327 e. The van der Waals surface area contributed by atoms with Crippen molar-refractivity contribution >= 4 is 29.4 Å². The number of benzene rings is 2. The number of nitrogens with zero attached hydrogens (tertiary/aromatic N) is 2. The summed E-state index contributed by atoms with van der Waals surface area (Å²) in [7, 11) is 1.49. The highest BCUT2D eigenvalue weighted by Gasteiger charge is 2.34. The van der Waals surface area contributed by atoms with E-state index in [1.807, 2.05) is 30.3 Å². The molecule has 144 valence electrons. The molecule has 0 unspecified atom stereocenters. The lowest BCUT2D eigenvalue weighted by atomic mass is 10.1. The molecule has 2 N–H and O–H groups in total. The zero-order valence-corrected chi connectivity index (χ0v) is 15.3. The van der Waals surface area contributed by atoms with E-state index in [2.05, 4.69) is 10.6 Å². The van der Waals surface area contributed by atoms with Crippen LogP contribution in [0.25, 0.3) is 0 Å². The van der Waals surface area contributed by atoms with Crippen LogP contribution in [0.5, 0.6) is 0 Å². The van der Waals surface area contributed by atoms with Gasteiger partial charge in [-0.15, -0.1) is 0 Å². The van der Waals surface area contributed by atoms with Gasteiger partial charge in [-0.25, -0.2) is 4.79 Å². The minimum absolute atomic E-state index is 0.0510. The first-order valence-corrected chi connectivity index (χ1v) is 8.72. The Morgan fingerprint density at radius 3 is 2.36 bits per heavy atom. The molecule has 1 fully saturated rings. The highest BCUT2D eigenvalue weighted by atomic mass is 16.2. The van der Waals surface area contributed by atoms with Crippen LogP contribution in [0.3, 0.4) is 0 Å². The minimum Gasteiger partial charge on any atom is -0.348 e. The average Bonchev–Trinajstić information content (AvgIpc) is 2.93. The second-order valence-corrected chi connectivity index (χ2v) is 6.38. The lowest BCUT2D eigenvalue weighted by Crippen LogP contribution is -2.38. The maximum absolute atomic E-state index is 12.5. The number of likely N-dealkylation sites (N-methyl/N-ethyl adjacent to an activating group) is 1. The van der Waals surface area contributed by atoms with Crippen molar-refractivity contribution in [1.29, 1.82) is 0 Å². The van der Waals surface area contributed by atoms with E-state index in [1.165, 1.54) is 11.9 Å². The molecule has 3 rings (SSSR count). The van der Waals surface area contributed by atoms with Crippen LogP contribution in [0.15, 0.2) is 54.6 Å². The Morgan fingerprint density at radius 2 is 1.68 bits per heavy atom. The van der Waals surface area contributed by atoms with Crippen LogP contribution in [0.4, 0.5) is 10.5 Å². The van der Waals surface area contributed by atoms with Gasteiger partial charge in [0.1, 0.15) is 13.1 Å². The van der Waals surface area contributed by atoms with Gasteiger partial charge in [0.05, 0.1) is 11.3 Å². The lowest BCUT2D eigenvalue weighted by Gasteiger charge is -2.15. The van der Waals surface area contributed by atoms with Crippen molar-refractivity contribution in [2.75, 3.05) is 25.5 Å². The first-order chi connectivity index (χ1) is 13.5. The van der Waals surface area contributed by atoms with Crippen LogP contribution in [0.1, 0.15) is 15.9 Å². The van der Waals surface area contributed by atoms with E-state index in [0.29, 0.717) is 17.8 Å². The average molecular weight is 380 g/mol. The standard InChI is InChI=1S/C20H20N4O4/c1-23-13-18(26)24(20(23)28)12-17(25)22-16-10-6-5-9-15(16)19(27)21-11-14-7-3-2-4-8-14/h2-10H,11-13H2,1H3,(H,21,27)(H,22,25). The summed E-state index contributed by atoms with van der Waals surface area (Å²) in [6, 6.07) is 15.5. The highest BCUT2D eigenvalue weighted by molar-refractivity contribution is 6.08. The van der Waals surface area contributed by atoms with Crippen LogP contribution in [-0.2, 0) is 16.1 Å². The van der Waals surface area contributed by atoms with E-state index >= 15 is 0 Å². The number of carbonyl (C=O) groups excluding carboxylic acids is 4. The summed E-state index contributed by atoms with van der Waals surface area (Å²) >= 11 is 0. The molecule has 0 aromatic heterocycles. The number of para-hydroxylation sites is 1. The van der Waals surface area contributed by atoms with Gasteiger partial charge in [-0.3, -0.25) is 19.3 Å². The fourth-order valence-electron chi connectivity index (χ4n) is 2.82. The van der Waals surface area contributed by atoms with E-state index in [0.717, 1.165) is 10.5 Å². The van der Waals surface area contributed by atoms with Crippen molar-refractivity contribution in [3.8, 4) is 0 Å². The Kier molecular flexibility index (Phi) is 5.69. The van der Waals surface area contributed by atoms with Crippen molar-refractivity contribution < 1.29 is 19.2 Å². The number of amides is 5. The number of anilines is 1. The third kappa shape index (κ3) is 4.35. The SMILES string of the molecule is CN1CC(=O)N(CC(=O)Nc2ccccc2C(=O)NCc2ccccc2)C1=O. The van der Waals surface area contributed by atoms with Crippen LogP contribution in [0, 0.1) is 0 Å². The van der Waals surface area contributed by atoms with Gasteiger partial charge in [-0.05, 0) is 17.7 Å². The van der Waals surface area contributed by atoms with Crippen LogP contribution in [-0.4, -0.2) is 53.7 Å². The van der Waals surface area contributed by atoms with Gasteiger partial charge >= 0.3 is 6.03 Å². The summed E-state index contributed by atoms with van der Waals surface area (Å²) in [5.74, 6) is -1.33. The second kappa shape index (κ2) is 8.34. The molecule has 28 heavy (non-hydrogen) atoms. The molecular formula is C20H20N4O4. The molecule has 0 atom stereocenters. The molecule has 2 aromatic carbocycles. The summed E-state index contributed by atoms with van der Waals surface area (Å²) in [6.45, 7) is -0.0996. The predicted molar refractivity (Wildman–Crippen MR) is 102 cm³/mol. The molecule has 8 nitrogen and oxygen atoms in total. The zero-order valence-electron chi connectivity index (χ0n) is 15.3. The van der Waals surface area contributed by atoms with Crippen molar-refractivity contribution in [2.24, 2.45) is 0 Å². The molecule has 0 spiro atoms. The molecule has 1 saturated heterocycles. The van der Waals surface area contributed by atoms with Gasteiger partial charge < -0.3 is 15.5 Å². The first kappa shape index (κ1) is 19.1. The molecule has 2 aromatic rings. The third-order valence-corrected chi connectivity index (χ3v) is 4.27. The molecule has 0 radical (unpaired) electrons. The van der Waals surface area contributed by atoms with E-state index in [1.54, 1.807) is 24.3 Å². The fraction of sp³-hybridized carbons (Fsp3) is 0.200. The smallest absolute Gasteiger partial charge is 0.327 e. The van der Waals surface area contributed by atoms with Crippen LogP contribution in [0.2, 0.25) is 0 Å². The summed E-state index contributed by atoms with van der Waals surface area (Å²) in [5.41, 5.74) is 1.56. The summed E-state index contributed by atoms with van der Waals surface area (Å²) in [6.07, 6.45) is 0. The number of hydrogen-bond donors (Lipinski definition) is 2. The topological polar surface area (TPSA) is 98.8 Å².